The van der Waals surface area contributed by atoms with Crippen molar-refractivity contribution in [2.24, 2.45) is 11.5 Å². The third-order valence-electron chi connectivity index (χ3n) is 6.77. The zero-order valence-corrected chi connectivity index (χ0v) is 21.0. The van der Waals surface area contributed by atoms with Crippen LogP contribution in [0.2, 0.25) is 0 Å². The Hall–Kier alpha value is -0.630. The molecule has 220 valence electrons. The van der Waals surface area contributed by atoms with Gasteiger partial charge in [-0.15, -0.1) is 0 Å². The number of hydrogen-bond donors (Lipinski definition) is 11. The van der Waals surface area contributed by atoms with Crippen molar-refractivity contribution in [1.82, 2.24) is 5.32 Å². The Morgan fingerprint density at radius 1 is 0.737 bits per heavy atom. The number of rotatable bonds is 9. The van der Waals surface area contributed by atoms with Crippen LogP contribution in [0.1, 0.15) is 0 Å². The molecule has 3 aliphatic heterocycles. The second kappa shape index (κ2) is 14.3. The van der Waals surface area contributed by atoms with Crippen LogP contribution in [0.5, 0.6) is 0 Å². The van der Waals surface area contributed by atoms with Gasteiger partial charge in [0.05, 0.1) is 0 Å². The predicted molar refractivity (Wildman–Crippen MR) is 122 cm³/mol. The fourth-order valence-electron chi connectivity index (χ4n) is 4.57. The minimum atomic E-state index is -1.59. The maximum atomic E-state index is 11.2. The number of ether oxygens (including phenoxy) is 5. The predicted octanol–water partition coefficient (Wildman–Crippen LogP) is -6.79. The van der Waals surface area contributed by atoms with Crippen LogP contribution in [-0.4, -0.2) is 159 Å². The summed E-state index contributed by atoms with van der Waals surface area (Å²) in [7, 11) is -0.443. The number of aliphatic hydroxyl groups is 8. The van der Waals surface area contributed by atoms with Gasteiger partial charge in [0.1, 0.15) is 0 Å². The van der Waals surface area contributed by atoms with Gasteiger partial charge in [-0.25, -0.2) is 0 Å². The van der Waals surface area contributed by atoms with Crippen LogP contribution in [0.3, 0.4) is 0 Å². The van der Waals surface area contributed by atoms with E-state index in [2.05, 4.69) is 10.9 Å². The first kappa shape index (κ1) is 31.9. The summed E-state index contributed by atoms with van der Waals surface area (Å²) in [6.45, 7) is -2.24. The van der Waals surface area contributed by atoms with Crippen LogP contribution in [-0.2, 0) is 28.2 Å². The van der Waals surface area contributed by atoms with Crippen molar-refractivity contribution >= 4 is 7.92 Å². The van der Waals surface area contributed by atoms with E-state index in [-0.39, 0.29) is 6.54 Å². The van der Waals surface area contributed by atoms with Gasteiger partial charge < -0.3 is 0 Å². The van der Waals surface area contributed by atoms with Crippen molar-refractivity contribution in [3.63, 3.8) is 0 Å². The quantitative estimate of drug-likeness (QED) is 0.114. The summed E-state index contributed by atoms with van der Waals surface area (Å²) >= 11 is 0. The van der Waals surface area contributed by atoms with Crippen molar-refractivity contribution in [2.75, 3.05) is 26.4 Å². The second-order valence-electron chi connectivity index (χ2n) is 9.17. The van der Waals surface area contributed by atoms with Crippen molar-refractivity contribution < 1.29 is 69.1 Å². The van der Waals surface area contributed by atoms with Crippen molar-refractivity contribution in [1.29, 1.82) is 0 Å². The molecule has 3 saturated heterocycles. The molecule has 15 atom stereocenters. The zero-order valence-electron chi connectivity index (χ0n) is 20.1. The molecule has 2 unspecified atom stereocenters. The summed E-state index contributed by atoms with van der Waals surface area (Å²) < 4.78 is 38.9. The Kier molecular flexibility index (Phi) is 12.0. The Balaban J connectivity index is 1.84. The van der Waals surface area contributed by atoms with E-state index in [4.69, 9.17) is 35.2 Å². The molecule has 13 N–H and O–H groups in total. The van der Waals surface area contributed by atoms with E-state index in [1.165, 1.54) is 0 Å². The standard InChI is InChI=1S/C20H36N3O14P/c21-9-14(29)16(7(4-25)33-18(9)31)37-20-11(23-1-2-38-32)15(30)17(8(5-26)35-20)36-19-10(22)13(28)12(27)6(3-24)34-19/h6-20,23-31H,1,3-5,21-22H2/t6-,7-,8-,9-,10-,11-,12-,13-,14-,15-,16?,17?,18-,19+,20+/m1/s1. The fourth-order valence-corrected chi connectivity index (χ4v) is 4.73. The van der Waals surface area contributed by atoms with E-state index in [1.807, 2.05) is 0 Å². The average Bonchev–Trinajstić information content (AvgIpc) is 2.91. The van der Waals surface area contributed by atoms with Gasteiger partial charge in [0.2, 0.25) is 0 Å². The summed E-state index contributed by atoms with van der Waals surface area (Å²) in [6, 6.07) is -3.83. The first-order valence-electron chi connectivity index (χ1n) is 11.9. The monoisotopic (exact) mass is 573 g/mol. The van der Waals surface area contributed by atoms with Gasteiger partial charge in [0.25, 0.3) is 0 Å². The molecule has 0 bridgehead atoms. The third-order valence-corrected chi connectivity index (χ3v) is 7.05. The van der Waals surface area contributed by atoms with Crippen LogP contribution < -0.4 is 16.8 Å². The van der Waals surface area contributed by atoms with Crippen LogP contribution in [0.25, 0.3) is 0 Å². The molecular formula is C20H36N3O14P. The molecule has 17 nitrogen and oxygen atoms in total. The number of nitrogens with two attached hydrogens (primary N) is 2. The van der Waals surface area contributed by atoms with E-state index in [1.54, 1.807) is 0 Å². The van der Waals surface area contributed by atoms with Gasteiger partial charge in [0, 0.05) is 0 Å². The molecule has 3 fully saturated rings. The van der Waals surface area contributed by atoms with Gasteiger partial charge in [-0.05, 0) is 0 Å². The molecule has 0 amide bonds. The Morgan fingerprint density at radius 2 is 1.29 bits per heavy atom. The van der Waals surface area contributed by atoms with E-state index < -0.39 is 120 Å². The molecule has 0 aromatic carbocycles. The molecule has 3 aliphatic rings. The van der Waals surface area contributed by atoms with Gasteiger partial charge in [0.15, 0.2) is 0 Å². The van der Waals surface area contributed by atoms with Gasteiger partial charge in [-0.3, -0.25) is 0 Å². The molecule has 18 heteroatoms. The fraction of sp³-hybridized carbons (Fsp3) is 0.950. The van der Waals surface area contributed by atoms with Crippen LogP contribution in [0, 0.1) is 5.63 Å². The zero-order chi connectivity index (χ0) is 28.1. The number of aliphatic hydroxyl groups excluding tert-OH is 8. The van der Waals surface area contributed by atoms with Gasteiger partial charge in [-0.1, -0.05) is 0 Å². The molecule has 3 rings (SSSR count). The average molecular weight is 573 g/mol. The second-order valence-corrected chi connectivity index (χ2v) is 9.67. The SMILES string of the molecule is N[C@H]1[C@H](OC2[C@@H](CO)O[C@@H](OC3[C@@H](CO)O[C@@H](O)[C@H](N)[C@H]3O)[C@H](NCC#P=O)[C@H]2O)O[C@H](CO)[C@@H](O)[C@@H]1O. The first-order valence-corrected chi connectivity index (χ1v) is 12.7. The van der Waals surface area contributed by atoms with Gasteiger partial charge in [-0.2, -0.15) is 0 Å². The van der Waals surface area contributed by atoms with Crippen molar-refractivity contribution in [3.8, 4) is 5.63 Å². The molecule has 0 saturated carbocycles. The normalized spacial score (nSPS) is 47.9. The number of nitrogens with one attached hydrogen (secondary N) is 1. The van der Waals surface area contributed by atoms with Crippen molar-refractivity contribution in [2.45, 2.75) is 91.9 Å². The molecule has 3 heterocycles. The van der Waals surface area contributed by atoms with E-state index in [0.717, 1.165) is 0 Å². The molecule has 38 heavy (non-hydrogen) atoms. The summed E-state index contributed by atoms with van der Waals surface area (Å²) in [4.78, 5) is 0. The molecule has 0 spiro atoms. The molecule has 0 aromatic rings. The Morgan fingerprint density at radius 3 is 1.89 bits per heavy atom. The van der Waals surface area contributed by atoms with Crippen LogP contribution in [0.4, 0.5) is 0 Å². The summed E-state index contributed by atoms with van der Waals surface area (Å²) in [6.07, 6.45) is -17.2. The van der Waals surface area contributed by atoms with Crippen LogP contribution >= 0.6 is 7.92 Å². The molecule has 0 aromatic heterocycles. The Labute approximate surface area is 218 Å². The number of hydrogen-bond acceptors (Lipinski definition) is 17. The van der Waals surface area contributed by atoms with E-state index >= 15 is 0 Å². The summed E-state index contributed by atoms with van der Waals surface area (Å²) in [5.41, 5.74) is 14.1. The van der Waals surface area contributed by atoms with Crippen molar-refractivity contribution in [3.05, 3.63) is 0 Å². The molecule has 0 aliphatic carbocycles. The van der Waals surface area contributed by atoms with Crippen LogP contribution in [0.15, 0.2) is 0 Å². The summed E-state index contributed by atoms with van der Waals surface area (Å²) in [5, 5.41) is 83.8. The van der Waals surface area contributed by atoms with E-state index in [0.29, 0.717) is 0 Å². The van der Waals surface area contributed by atoms with E-state index in [9.17, 15) is 45.4 Å². The maximum absolute atomic E-state index is 11.2. The first-order chi connectivity index (χ1) is 18.1. The minimum absolute atomic E-state index is 0.158. The topological polar surface area (TPSA) is 289 Å². The molecule has 0 radical (unpaired) electrons. The third kappa shape index (κ3) is 6.80. The van der Waals surface area contributed by atoms with Gasteiger partial charge >= 0.3 is 218 Å². The summed E-state index contributed by atoms with van der Waals surface area (Å²) in [5.74, 6) is 0. The molecular weight excluding hydrogens is 537 g/mol. The Bertz CT molecular complexity index is 854.